The van der Waals surface area contributed by atoms with Crippen LogP contribution in [-0.2, 0) is 4.79 Å². The highest BCUT2D eigenvalue weighted by Crippen LogP contribution is 2.35. The van der Waals surface area contributed by atoms with Crippen LogP contribution < -0.4 is 4.74 Å². The van der Waals surface area contributed by atoms with E-state index in [0.29, 0.717) is 11.6 Å². The summed E-state index contributed by atoms with van der Waals surface area (Å²) in [6.07, 6.45) is 6.34. The van der Waals surface area contributed by atoms with Crippen LogP contribution in [0.15, 0.2) is 42.7 Å². The van der Waals surface area contributed by atoms with Gasteiger partial charge in [-0.15, -0.1) is 0 Å². The Kier molecular flexibility index (Phi) is 5.03. The van der Waals surface area contributed by atoms with E-state index in [1.54, 1.807) is 19.4 Å². The minimum atomic E-state index is -0.0938. The quantitative estimate of drug-likeness (QED) is 0.665. The molecule has 0 aliphatic carbocycles. The van der Waals surface area contributed by atoms with Gasteiger partial charge in [-0.25, -0.2) is 4.98 Å². The number of ether oxygens (including phenoxy) is 1. The van der Waals surface area contributed by atoms with Crippen molar-refractivity contribution in [1.29, 1.82) is 0 Å². The lowest BCUT2D eigenvalue weighted by molar-refractivity contribution is -0.130. The molecule has 1 fully saturated rings. The first-order valence-electron chi connectivity index (χ1n) is 9.20. The molecule has 3 aromatic rings. The van der Waals surface area contributed by atoms with Crippen LogP contribution in [0.3, 0.4) is 0 Å². The van der Waals surface area contributed by atoms with E-state index in [0.717, 1.165) is 53.7 Å². The Morgan fingerprint density at radius 2 is 2.11 bits per heavy atom. The summed E-state index contributed by atoms with van der Waals surface area (Å²) in [7, 11) is 1.66. The molecule has 1 saturated heterocycles. The standard InChI is InChI=1S/C21H22ClN3O2/c1-27-15-5-6-19-17(10-15)18(13-23-19)16(14-4-7-20(22)24-12-14)11-21(26)25-8-2-3-9-25/h4-7,10,12-13,16,23H,2-3,8-9,11H2,1H3. The zero-order chi connectivity index (χ0) is 18.8. The third-order valence-electron chi connectivity index (χ3n) is 5.29. The van der Waals surface area contributed by atoms with E-state index < -0.39 is 0 Å². The highest BCUT2D eigenvalue weighted by molar-refractivity contribution is 6.29. The lowest BCUT2D eigenvalue weighted by atomic mass is 9.88. The molecule has 0 saturated carbocycles. The first-order chi connectivity index (χ1) is 13.2. The van der Waals surface area contributed by atoms with Gasteiger partial charge in [0.1, 0.15) is 10.9 Å². The van der Waals surface area contributed by atoms with E-state index >= 15 is 0 Å². The fourth-order valence-electron chi connectivity index (χ4n) is 3.81. The molecule has 6 heteroatoms. The highest BCUT2D eigenvalue weighted by Gasteiger charge is 2.26. The maximum atomic E-state index is 12.9. The highest BCUT2D eigenvalue weighted by atomic mass is 35.5. The van der Waals surface area contributed by atoms with Crippen LogP contribution in [0.25, 0.3) is 10.9 Å². The Morgan fingerprint density at radius 3 is 2.81 bits per heavy atom. The third kappa shape index (κ3) is 3.65. The van der Waals surface area contributed by atoms with Gasteiger partial charge < -0.3 is 14.6 Å². The molecule has 1 atom stereocenters. The number of nitrogens with one attached hydrogen (secondary N) is 1. The molecule has 0 bridgehead atoms. The van der Waals surface area contributed by atoms with E-state index in [1.807, 2.05) is 35.4 Å². The van der Waals surface area contributed by atoms with Crippen LogP contribution in [0.4, 0.5) is 0 Å². The van der Waals surface area contributed by atoms with Crippen LogP contribution in [0, 0.1) is 0 Å². The predicted octanol–water partition coefficient (Wildman–Crippen LogP) is 4.37. The maximum Gasteiger partial charge on any atom is 0.223 e. The number of aromatic amines is 1. The second kappa shape index (κ2) is 7.61. The van der Waals surface area contributed by atoms with Crippen LogP contribution in [0.1, 0.15) is 36.3 Å². The number of halogens is 1. The van der Waals surface area contributed by atoms with Gasteiger partial charge in [-0.1, -0.05) is 17.7 Å². The molecule has 1 aromatic carbocycles. The van der Waals surface area contributed by atoms with Crippen molar-refractivity contribution < 1.29 is 9.53 Å². The van der Waals surface area contributed by atoms with Gasteiger partial charge in [0.25, 0.3) is 0 Å². The Labute approximate surface area is 163 Å². The monoisotopic (exact) mass is 383 g/mol. The summed E-state index contributed by atoms with van der Waals surface area (Å²) in [4.78, 5) is 22.4. The lowest BCUT2D eigenvalue weighted by Crippen LogP contribution is -2.29. The number of aromatic nitrogens is 2. The average Bonchev–Trinajstić information content (AvgIpc) is 3.36. The van der Waals surface area contributed by atoms with E-state index in [1.165, 1.54) is 0 Å². The van der Waals surface area contributed by atoms with Gasteiger partial charge in [0, 0.05) is 48.7 Å². The summed E-state index contributed by atoms with van der Waals surface area (Å²) in [5.74, 6) is 0.885. The van der Waals surface area contributed by atoms with Gasteiger partial charge in [-0.3, -0.25) is 4.79 Å². The largest absolute Gasteiger partial charge is 0.497 e. The predicted molar refractivity (Wildman–Crippen MR) is 106 cm³/mol. The van der Waals surface area contributed by atoms with Crippen molar-refractivity contribution in [3.8, 4) is 5.75 Å². The molecule has 1 aliphatic heterocycles. The zero-order valence-corrected chi connectivity index (χ0v) is 16.0. The van der Waals surface area contributed by atoms with Crippen molar-refractivity contribution >= 4 is 28.4 Å². The van der Waals surface area contributed by atoms with E-state index in [4.69, 9.17) is 16.3 Å². The fourth-order valence-corrected chi connectivity index (χ4v) is 3.92. The van der Waals surface area contributed by atoms with Gasteiger partial charge in [0.15, 0.2) is 0 Å². The number of pyridine rings is 1. The number of hydrogen-bond donors (Lipinski definition) is 1. The lowest BCUT2D eigenvalue weighted by Gasteiger charge is -2.21. The van der Waals surface area contributed by atoms with Crippen molar-refractivity contribution in [2.45, 2.75) is 25.2 Å². The number of carbonyl (C=O) groups excluding carboxylic acids is 1. The molecule has 1 unspecified atom stereocenters. The van der Waals surface area contributed by atoms with Gasteiger partial charge >= 0.3 is 0 Å². The number of likely N-dealkylation sites (tertiary alicyclic amines) is 1. The average molecular weight is 384 g/mol. The van der Waals surface area contributed by atoms with Crippen LogP contribution in [0.2, 0.25) is 5.15 Å². The zero-order valence-electron chi connectivity index (χ0n) is 15.2. The Balaban J connectivity index is 1.75. The number of H-pyrrole nitrogens is 1. The van der Waals surface area contributed by atoms with Gasteiger partial charge in [0.2, 0.25) is 5.91 Å². The SMILES string of the molecule is COc1ccc2[nH]cc(C(CC(=O)N3CCCC3)c3ccc(Cl)nc3)c2c1. The Morgan fingerprint density at radius 1 is 1.30 bits per heavy atom. The molecule has 140 valence electrons. The summed E-state index contributed by atoms with van der Waals surface area (Å²) < 4.78 is 5.39. The summed E-state index contributed by atoms with van der Waals surface area (Å²) in [5, 5.41) is 1.51. The third-order valence-corrected chi connectivity index (χ3v) is 5.51. The van der Waals surface area contributed by atoms with E-state index in [-0.39, 0.29) is 11.8 Å². The number of carbonyl (C=O) groups is 1. The molecule has 0 spiro atoms. The molecule has 3 heterocycles. The molecule has 2 aromatic heterocycles. The molecule has 1 aliphatic rings. The molecular formula is C21H22ClN3O2. The number of nitrogens with zero attached hydrogens (tertiary/aromatic N) is 2. The second-order valence-corrected chi connectivity index (χ2v) is 7.30. The summed E-state index contributed by atoms with van der Waals surface area (Å²) in [5.41, 5.74) is 3.07. The minimum absolute atomic E-state index is 0.0938. The molecule has 5 nitrogen and oxygen atoms in total. The van der Waals surface area contributed by atoms with Gasteiger partial charge in [-0.2, -0.15) is 0 Å². The topological polar surface area (TPSA) is 58.2 Å². The minimum Gasteiger partial charge on any atom is -0.497 e. The molecule has 1 amide bonds. The van der Waals surface area contributed by atoms with E-state index in [9.17, 15) is 4.79 Å². The van der Waals surface area contributed by atoms with Crippen LogP contribution in [0.5, 0.6) is 5.75 Å². The van der Waals surface area contributed by atoms with Crippen molar-refractivity contribution in [3.05, 3.63) is 59.0 Å². The van der Waals surface area contributed by atoms with Crippen LogP contribution in [-0.4, -0.2) is 41.0 Å². The fraction of sp³-hybridized carbons (Fsp3) is 0.333. The summed E-state index contributed by atoms with van der Waals surface area (Å²) in [6, 6.07) is 9.67. The number of methoxy groups -OCH3 is 1. The van der Waals surface area contributed by atoms with Crippen molar-refractivity contribution in [1.82, 2.24) is 14.9 Å². The molecule has 27 heavy (non-hydrogen) atoms. The van der Waals surface area contributed by atoms with Crippen LogP contribution >= 0.6 is 11.6 Å². The molecule has 0 radical (unpaired) electrons. The van der Waals surface area contributed by atoms with Gasteiger partial charge in [0.05, 0.1) is 7.11 Å². The normalized spacial score (nSPS) is 15.3. The van der Waals surface area contributed by atoms with E-state index in [2.05, 4.69) is 9.97 Å². The first kappa shape index (κ1) is 17.9. The Hall–Kier alpha value is -2.53. The summed E-state index contributed by atoms with van der Waals surface area (Å²) in [6.45, 7) is 1.71. The molecular weight excluding hydrogens is 362 g/mol. The molecule has 4 rings (SSSR count). The molecule has 1 N–H and O–H groups in total. The number of rotatable bonds is 5. The number of amides is 1. The van der Waals surface area contributed by atoms with Crippen molar-refractivity contribution in [3.63, 3.8) is 0 Å². The number of fused-ring (bicyclic) bond motifs is 1. The van der Waals surface area contributed by atoms with Gasteiger partial charge in [-0.05, 0) is 48.2 Å². The van der Waals surface area contributed by atoms with Crippen molar-refractivity contribution in [2.75, 3.05) is 20.2 Å². The first-order valence-corrected chi connectivity index (χ1v) is 9.58. The second-order valence-electron chi connectivity index (χ2n) is 6.91. The smallest absolute Gasteiger partial charge is 0.223 e. The Bertz CT molecular complexity index is 946. The summed E-state index contributed by atoms with van der Waals surface area (Å²) >= 11 is 5.98. The number of benzene rings is 1. The number of hydrogen-bond acceptors (Lipinski definition) is 3. The van der Waals surface area contributed by atoms with Crippen molar-refractivity contribution in [2.24, 2.45) is 0 Å². The maximum absolute atomic E-state index is 12.9.